The first-order valence-electron chi connectivity index (χ1n) is 11.8. The molecule has 0 aromatic heterocycles. The predicted molar refractivity (Wildman–Crippen MR) is 134 cm³/mol. The maximum absolute atomic E-state index is 12.6. The summed E-state index contributed by atoms with van der Waals surface area (Å²) in [6, 6.07) is 14.0. The normalized spacial score (nSPS) is 22.6. The van der Waals surface area contributed by atoms with Gasteiger partial charge in [-0.1, -0.05) is 24.8 Å². The van der Waals surface area contributed by atoms with Crippen LogP contribution in [0.4, 0.5) is 16.2 Å². The van der Waals surface area contributed by atoms with Crippen molar-refractivity contribution in [2.75, 3.05) is 43.2 Å². The lowest BCUT2D eigenvalue weighted by atomic mass is 9.97. The fourth-order valence-electron chi connectivity index (χ4n) is 5.00. The molecule has 1 N–H and O–H groups in total. The third kappa shape index (κ3) is 4.03. The van der Waals surface area contributed by atoms with E-state index in [1.807, 2.05) is 48.7 Å². The van der Waals surface area contributed by atoms with E-state index in [-0.39, 0.29) is 12.1 Å². The van der Waals surface area contributed by atoms with Crippen LogP contribution in [0, 0.1) is 0 Å². The van der Waals surface area contributed by atoms with Gasteiger partial charge >= 0.3 is 6.09 Å². The first-order chi connectivity index (χ1) is 16.6. The van der Waals surface area contributed by atoms with E-state index in [9.17, 15) is 4.79 Å². The number of allylic oxidation sites excluding steroid dienone is 1. The molecule has 5 rings (SSSR count). The predicted octanol–water partition coefficient (Wildman–Crippen LogP) is 3.98. The highest BCUT2D eigenvalue weighted by atomic mass is 16.5. The van der Waals surface area contributed by atoms with Crippen LogP contribution >= 0.6 is 0 Å². The van der Waals surface area contributed by atoms with Crippen molar-refractivity contribution in [1.82, 2.24) is 10.2 Å². The minimum absolute atomic E-state index is 0.143. The molecule has 0 bridgehead atoms. The van der Waals surface area contributed by atoms with Crippen molar-refractivity contribution in [3.8, 4) is 11.5 Å². The molecule has 3 heterocycles. The highest BCUT2D eigenvalue weighted by Crippen LogP contribution is 2.46. The first-order valence-corrected chi connectivity index (χ1v) is 11.8. The minimum Gasteiger partial charge on any atom is -0.455 e. The Kier molecular flexibility index (Phi) is 6.26. The summed E-state index contributed by atoms with van der Waals surface area (Å²) < 4.78 is 11.5. The van der Waals surface area contributed by atoms with Crippen molar-refractivity contribution in [2.45, 2.75) is 31.8 Å². The number of methoxy groups -OCH3 is 1. The molecular weight excluding hydrogens is 430 g/mol. The molecule has 2 aromatic carbocycles. The molecular formula is C26H31N5O3. The highest BCUT2D eigenvalue weighted by Gasteiger charge is 2.37. The van der Waals surface area contributed by atoms with Gasteiger partial charge in [0.2, 0.25) is 0 Å². The molecule has 8 heteroatoms. The van der Waals surface area contributed by atoms with Gasteiger partial charge in [-0.05, 0) is 44.0 Å². The molecule has 1 saturated heterocycles. The van der Waals surface area contributed by atoms with Crippen molar-refractivity contribution in [1.29, 1.82) is 0 Å². The molecule has 0 radical (unpaired) electrons. The number of piperazine rings is 1. The van der Waals surface area contributed by atoms with E-state index < -0.39 is 6.09 Å². The van der Waals surface area contributed by atoms with Gasteiger partial charge in [-0.25, -0.2) is 4.79 Å². The van der Waals surface area contributed by atoms with Crippen LogP contribution in [0.1, 0.15) is 18.9 Å². The Morgan fingerprint density at radius 2 is 1.82 bits per heavy atom. The number of rotatable bonds is 4. The molecule has 178 valence electrons. The zero-order valence-corrected chi connectivity index (χ0v) is 19.7. The maximum Gasteiger partial charge on any atom is 0.418 e. The van der Waals surface area contributed by atoms with Gasteiger partial charge in [0.1, 0.15) is 11.4 Å². The smallest absolute Gasteiger partial charge is 0.418 e. The van der Waals surface area contributed by atoms with E-state index in [0.717, 1.165) is 54.6 Å². The third-order valence-electron chi connectivity index (χ3n) is 6.80. The molecule has 0 aliphatic carbocycles. The van der Waals surface area contributed by atoms with Gasteiger partial charge in [-0.3, -0.25) is 14.8 Å². The molecule has 8 nitrogen and oxygen atoms in total. The van der Waals surface area contributed by atoms with Crippen molar-refractivity contribution >= 4 is 23.7 Å². The summed E-state index contributed by atoms with van der Waals surface area (Å²) >= 11 is 0. The largest absolute Gasteiger partial charge is 0.455 e. The second kappa shape index (κ2) is 9.48. The fraction of sp³-hybridized carbons (Fsp3) is 0.385. The number of nitrogens with one attached hydrogen (secondary N) is 1. The lowest BCUT2D eigenvalue weighted by Crippen LogP contribution is -2.53. The Bertz CT molecular complexity index is 1100. The number of fused-ring (bicyclic) bond motifs is 1. The molecule has 2 aromatic rings. The summed E-state index contributed by atoms with van der Waals surface area (Å²) in [5, 5.41) is 10.3. The quantitative estimate of drug-likeness (QED) is 0.743. The topological polar surface area (TPSA) is 69.6 Å². The van der Waals surface area contributed by atoms with E-state index >= 15 is 0 Å². The van der Waals surface area contributed by atoms with Crippen LogP contribution in [-0.2, 0) is 11.2 Å². The summed E-state index contributed by atoms with van der Waals surface area (Å²) in [5.41, 5.74) is 3.30. The van der Waals surface area contributed by atoms with Gasteiger partial charge in [-0.15, -0.1) is 0 Å². The van der Waals surface area contributed by atoms with Gasteiger partial charge in [0.15, 0.2) is 5.75 Å². The van der Waals surface area contributed by atoms with Gasteiger partial charge in [0.25, 0.3) is 0 Å². The second-order valence-electron chi connectivity index (χ2n) is 8.82. The Morgan fingerprint density at radius 3 is 2.56 bits per heavy atom. The van der Waals surface area contributed by atoms with Crippen LogP contribution in [0.5, 0.6) is 11.5 Å². The van der Waals surface area contributed by atoms with E-state index in [2.05, 4.69) is 28.7 Å². The van der Waals surface area contributed by atoms with Crippen molar-refractivity contribution in [2.24, 2.45) is 5.10 Å². The number of nitrogens with zero attached hydrogens (tertiary/aromatic N) is 4. The molecule has 1 fully saturated rings. The number of carbonyl (C=O) groups is 1. The number of carbonyl (C=O) groups excluding carboxylic acids is 1. The number of hydrogen-bond donors (Lipinski definition) is 1. The summed E-state index contributed by atoms with van der Waals surface area (Å²) in [5.74, 6) is 1.45. The van der Waals surface area contributed by atoms with Gasteiger partial charge < -0.3 is 14.8 Å². The molecule has 2 atom stereocenters. The molecule has 3 aliphatic heterocycles. The minimum atomic E-state index is -0.448. The van der Waals surface area contributed by atoms with E-state index in [4.69, 9.17) is 14.6 Å². The van der Waals surface area contributed by atoms with Gasteiger partial charge in [-0.2, -0.15) is 5.10 Å². The summed E-state index contributed by atoms with van der Waals surface area (Å²) in [4.78, 5) is 16.6. The standard InChI is InChI=1S/C26H31N5O3/c1-18-9-10-21-22(30(18)26(32)33-3)11-12-23(25(21)34-20-7-5-4-6-8-20)31-19(2)24(17-28-31)29-15-13-27-14-16-29/h4-8,11-12,17,19,24,27H,1,9-10,13-16H2,2-3H3. The van der Waals surface area contributed by atoms with E-state index in [1.165, 1.54) is 7.11 Å². The Balaban J connectivity index is 1.55. The fourth-order valence-corrected chi connectivity index (χ4v) is 5.00. The Morgan fingerprint density at radius 1 is 1.09 bits per heavy atom. The van der Waals surface area contributed by atoms with Gasteiger partial charge in [0.05, 0.1) is 24.9 Å². The van der Waals surface area contributed by atoms with Crippen LogP contribution in [0.15, 0.2) is 59.8 Å². The van der Waals surface area contributed by atoms with Crippen LogP contribution in [-0.4, -0.2) is 62.6 Å². The number of para-hydroxylation sites is 1. The van der Waals surface area contributed by atoms with Crippen LogP contribution in [0.3, 0.4) is 0 Å². The zero-order chi connectivity index (χ0) is 23.7. The second-order valence-corrected chi connectivity index (χ2v) is 8.82. The molecule has 1 amide bonds. The molecule has 3 aliphatic rings. The van der Waals surface area contributed by atoms with Crippen LogP contribution in [0.2, 0.25) is 0 Å². The number of anilines is 2. The average molecular weight is 462 g/mol. The van der Waals surface area contributed by atoms with E-state index in [1.54, 1.807) is 4.90 Å². The lowest BCUT2D eigenvalue weighted by molar-refractivity contribution is 0.180. The highest BCUT2D eigenvalue weighted by molar-refractivity contribution is 5.94. The van der Waals surface area contributed by atoms with E-state index in [0.29, 0.717) is 18.5 Å². The lowest BCUT2D eigenvalue weighted by Gasteiger charge is -2.36. The molecule has 34 heavy (non-hydrogen) atoms. The third-order valence-corrected chi connectivity index (χ3v) is 6.80. The summed E-state index contributed by atoms with van der Waals surface area (Å²) in [7, 11) is 1.39. The van der Waals surface area contributed by atoms with Crippen molar-refractivity contribution in [3.05, 3.63) is 60.3 Å². The van der Waals surface area contributed by atoms with Crippen LogP contribution in [0.25, 0.3) is 0 Å². The SMILES string of the molecule is C=C1CCc2c(ccc(N3N=CC(N4CCNCC4)C3C)c2Oc2ccccc2)N1C(=O)OC. The van der Waals surface area contributed by atoms with Crippen LogP contribution < -0.4 is 20.0 Å². The number of amides is 1. The zero-order valence-electron chi connectivity index (χ0n) is 19.7. The van der Waals surface area contributed by atoms with Crippen molar-refractivity contribution in [3.63, 3.8) is 0 Å². The van der Waals surface area contributed by atoms with Crippen molar-refractivity contribution < 1.29 is 14.3 Å². The Labute approximate surface area is 200 Å². The average Bonchev–Trinajstić information content (AvgIpc) is 3.25. The summed E-state index contributed by atoms with van der Waals surface area (Å²) in [6.45, 7) is 10.3. The van der Waals surface area contributed by atoms with Gasteiger partial charge in [0, 0.05) is 43.7 Å². The first kappa shape index (κ1) is 22.4. The molecule has 0 spiro atoms. The number of benzene rings is 2. The number of hydrazone groups is 1. The maximum atomic E-state index is 12.6. The molecule has 0 saturated carbocycles. The molecule has 2 unspecified atom stereocenters. The number of ether oxygens (including phenoxy) is 2. The number of hydrogen-bond acceptors (Lipinski definition) is 7. The summed E-state index contributed by atoms with van der Waals surface area (Å²) in [6.07, 6.45) is 2.95. The monoisotopic (exact) mass is 461 g/mol. The Hall–Kier alpha value is -3.36.